The molecule has 0 N–H and O–H groups in total. The number of anilines is 1. The van der Waals surface area contributed by atoms with Crippen LogP contribution < -0.4 is 19.1 Å². The Morgan fingerprint density at radius 3 is 2.16 bits per heavy atom. The summed E-state index contributed by atoms with van der Waals surface area (Å²) in [6.45, 7) is 5.70. The van der Waals surface area contributed by atoms with Gasteiger partial charge >= 0.3 is 0 Å². The first-order chi connectivity index (χ1) is 24.0. The maximum absolute atomic E-state index is 13.9. The molecule has 0 aliphatic carbocycles. The van der Waals surface area contributed by atoms with E-state index in [-0.39, 0.29) is 5.82 Å². The number of hydrogen-bond acceptors (Lipinski definition) is 7. The normalized spacial score (nSPS) is 13.7. The van der Waals surface area contributed by atoms with Crippen LogP contribution in [0, 0.1) is 5.82 Å². The van der Waals surface area contributed by atoms with Crippen LogP contribution in [0.2, 0.25) is 0 Å². The Hall–Kier alpha value is -4.95. The number of aromatic nitrogens is 2. The molecule has 7 nitrogen and oxygen atoms in total. The molecule has 1 aliphatic heterocycles. The van der Waals surface area contributed by atoms with E-state index in [0.717, 1.165) is 97.2 Å². The van der Waals surface area contributed by atoms with Crippen LogP contribution >= 0.6 is 0 Å². The minimum absolute atomic E-state index is 0.252. The molecule has 2 aromatic heterocycles. The number of halogens is 1. The second-order valence-electron chi connectivity index (χ2n) is 12.6. The lowest BCUT2D eigenvalue weighted by atomic mass is 9.99. The van der Waals surface area contributed by atoms with Crippen molar-refractivity contribution in [1.29, 1.82) is 0 Å². The fourth-order valence-corrected chi connectivity index (χ4v) is 6.80. The standard InChI is InChI=1S/C41H45FN4O3/c1-5-7-32-24-33(26-40(48-3)41(32)49-4)39-23-30(15-19-44-39)28-46(35-10-12-37(47-2)13-11-35)36-16-20-45(21-17-36)27-29-14-18-43-38(22-29)31-8-6-9-34(42)25-31/h6,8-15,18-19,22-26,36H,5,7,16-17,20-21,27-28H2,1-4H3. The molecule has 0 spiro atoms. The molecule has 1 saturated heterocycles. The summed E-state index contributed by atoms with van der Waals surface area (Å²) < 4.78 is 30.8. The first kappa shape index (κ1) is 33.9. The van der Waals surface area contributed by atoms with Crippen LogP contribution in [0.4, 0.5) is 10.1 Å². The minimum Gasteiger partial charge on any atom is -0.497 e. The highest BCUT2D eigenvalue weighted by molar-refractivity contribution is 5.67. The van der Waals surface area contributed by atoms with Crippen molar-refractivity contribution < 1.29 is 18.6 Å². The highest BCUT2D eigenvalue weighted by Crippen LogP contribution is 2.37. The zero-order valence-corrected chi connectivity index (χ0v) is 28.9. The Kier molecular flexibility index (Phi) is 11.1. The summed E-state index contributed by atoms with van der Waals surface area (Å²) in [6, 6.07) is 28.0. The summed E-state index contributed by atoms with van der Waals surface area (Å²) in [7, 11) is 5.07. The number of benzene rings is 3. The van der Waals surface area contributed by atoms with Crippen molar-refractivity contribution in [1.82, 2.24) is 14.9 Å². The maximum atomic E-state index is 13.9. The highest BCUT2D eigenvalue weighted by atomic mass is 19.1. The molecule has 0 atom stereocenters. The van der Waals surface area contributed by atoms with Gasteiger partial charge in [0.25, 0.3) is 0 Å². The van der Waals surface area contributed by atoms with E-state index in [2.05, 4.69) is 64.2 Å². The summed E-state index contributed by atoms with van der Waals surface area (Å²) in [5.41, 5.74) is 8.18. The van der Waals surface area contributed by atoms with Gasteiger partial charge in [-0.15, -0.1) is 0 Å². The van der Waals surface area contributed by atoms with Gasteiger partial charge in [0, 0.05) is 61.4 Å². The van der Waals surface area contributed by atoms with E-state index in [1.807, 2.05) is 36.7 Å². The highest BCUT2D eigenvalue weighted by Gasteiger charge is 2.26. The number of nitrogens with zero attached hydrogens (tertiary/aromatic N) is 4. The fraction of sp³-hybridized carbons (Fsp3) is 0.317. The van der Waals surface area contributed by atoms with E-state index in [4.69, 9.17) is 19.2 Å². The summed E-state index contributed by atoms with van der Waals surface area (Å²) in [5.74, 6) is 2.10. The molecule has 3 heterocycles. The van der Waals surface area contributed by atoms with Crippen LogP contribution in [-0.2, 0) is 19.5 Å². The second kappa shape index (κ2) is 16.0. The third-order valence-corrected chi connectivity index (χ3v) is 9.30. The van der Waals surface area contributed by atoms with Crippen LogP contribution in [0.1, 0.15) is 42.9 Å². The van der Waals surface area contributed by atoms with Crippen LogP contribution in [0.15, 0.2) is 97.3 Å². The molecule has 5 aromatic rings. The van der Waals surface area contributed by atoms with Crippen LogP contribution in [0.3, 0.4) is 0 Å². The fourth-order valence-electron chi connectivity index (χ4n) is 6.80. The van der Waals surface area contributed by atoms with Crippen molar-refractivity contribution in [3.05, 3.63) is 120 Å². The van der Waals surface area contributed by atoms with E-state index < -0.39 is 0 Å². The quantitative estimate of drug-likeness (QED) is 0.125. The molecule has 3 aromatic carbocycles. The first-order valence-electron chi connectivity index (χ1n) is 17.0. The molecule has 1 aliphatic rings. The van der Waals surface area contributed by atoms with Gasteiger partial charge < -0.3 is 19.1 Å². The van der Waals surface area contributed by atoms with Crippen molar-refractivity contribution >= 4 is 5.69 Å². The first-order valence-corrected chi connectivity index (χ1v) is 17.0. The Labute approximate surface area is 289 Å². The Balaban J connectivity index is 1.20. The topological polar surface area (TPSA) is 60.0 Å². The number of aryl methyl sites for hydroxylation is 1. The maximum Gasteiger partial charge on any atom is 0.163 e. The predicted octanol–water partition coefficient (Wildman–Crippen LogP) is 8.60. The molecular weight excluding hydrogens is 615 g/mol. The average Bonchev–Trinajstić information content (AvgIpc) is 3.14. The lowest BCUT2D eigenvalue weighted by molar-refractivity contribution is 0.201. The lowest BCUT2D eigenvalue weighted by Crippen LogP contribution is -2.44. The zero-order valence-electron chi connectivity index (χ0n) is 28.9. The number of pyridine rings is 2. The van der Waals surface area contributed by atoms with E-state index in [1.165, 1.54) is 28.9 Å². The van der Waals surface area contributed by atoms with Crippen molar-refractivity contribution in [3.63, 3.8) is 0 Å². The van der Waals surface area contributed by atoms with Gasteiger partial charge in [0.1, 0.15) is 11.6 Å². The van der Waals surface area contributed by atoms with Gasteiger partial charge in [-0.2, -0.15) is 0 Å². The molecule has 6 rings (SSSR count). The molecule has 0 radical (unpaired) electrons. The molecule has 254 valence electrons. The third-order valence-electron chi connectivity index (χ3n) is 9.30. The molecule has 1 fully saturated rings. The van der Waals surface area contributed by atoms with E-state index in [1.54, 1.807) is 27.4 Å². The number of rotatable bonds is 13. The van der Waals surface area contributed by atoms with Crippen LogP contribution in [0.25, 0.3) is 22.5 Å². The Morgan fingerprint density at radius 2 is 1.49 bits per heavy atom. The van der Waals surface area contributed by atoms with Crippen molar-refractivity contribution in [2.45, 2.75) is 51.7 Å². The summed E-state index contributed by atoms with van der Waals surface area (Å²) in [4.78, 5) is 14.3. The molecule has 0 unspecified atom stereocenters. The molecule has 0 bridgehead atoms. The monoisotopic (exact) mass is 660 g/mol. The van der Waals surface area contributed by atoms with Gasteiger partial charge in [-0.25, -0.2) is 4.39 Å². The summed E-state index contributed by atoms with van der Waals surface area (Å²) >= 11 is 0. The summed E-state index contributed by atoms with van der Waals surface area (Å²) in [5, 5.41) is 0. The van der Waals surface area contributed by atoms with E-state index in [9.17, 15) is 4.39 Å². The zero-order chi connectivity index (χ0) is 34.2. The Morgan fingerprint density at radius 1 is 0.776 bits per heavy atom. The third kappa shape index (κ3) is 8.20. The van der Waals surface area contributed by atoms with Gasteiger partial charge in [0.05, 0.1) is 32.7 Å². The molecule has 0 amide bonds. The van der Waals surface area contributed by atoms with E-state index in [0.29, 0.717) is 6.04 Å². The van der Waals surface area contributed by atoms with Crippen LogP contribution in [-0.4, -0.2) is 55.3 Å². The number of hydrogen-bond donors (Lipinski definition) is 0. The second-order valence-corrected chi connectivity index (χ2v) is 12.6. The van der Waals surface area contributed by atoms with Gasteiger partial charge in [0.2, 0.25) is 0 Å². The molecule has 0 saturated carbocycles. The molecule has 49 heavy (non-hydrogen) atoms. The number of piperidine rings is 1. The lowest BCUT2D eigenvalue weighted by Gasteiger charge is -2.40. The summed E-state index contributed by atoms with van der Waals surface area (Å²) in [6.07, 6.45) is 7.69. The molecular formula is C41H45FN4O3. The Bertz CT molecular complexity index is 1840. The van der Waals surface area contributed by atoms with Crippen molar-refractivity contribution in [3.8, 4) is 39.8 Å². The predicted molar refractivity (Wildman–Crippen MR) is 194 cm³/mol. The smallest absolute Gasteiger partial charge is 0.163 e. The van der Waals surface area contributed by atoms with Crippen molar-refractivity contribution in [2.24, 2.45) is 0 Å². The largest absolute Gasteiger partial charge is 0.497 e. The minimum atomic E-state index is -0.252. The number of methoxy groups -OCH3 is 3. The number of ether oxygens (including phenoxy) is 3. The van der Waals surface area contributed by atoms with Gasteiger partial charge in [-0.05, 0) is 109 Å². The SMILES string of the molecule is CCCc1cc(-c2cc(CN(c3ccc(OC)cc3)C3CCN(Cc4ccnc(-c5cccc(F)c5)c4)CC3)ccn2)cc(OC)c1OC. The van der Waals surface area contributed by atoms with Gasteiger partial charge in [0.15, 0.2) is 11.5 Å². The number of likely N-dealkylation sites (tertiary alicyclic amines) is 1. The average molecular weight is 661 g/mol. The van der Waals surface area contributed by atoms with Gasteiger partial charge in [-0.1, -0.05) is 25.5 Å². The van der Waals surface area contributed by atoms with E-state index >= 15 is 0 Å². The van der Waals surface area contributed by atoms with Gasteiger partial charge in [-0.3, -0.25) is 14.9 Å². The van der Waals surface area contributed by atoms with Crippen molar-refractivity contribution in [2.75, 3.05) is 39.3 Å². The van der Waals surface area contributed by atoms with Crippen LogP contribution in [0.5, 0.6) is 17.2 Å². The molecule has 8 heteroatoms.